The minimum Gasteiger partial charge on any atom is -0.497 e. The summed E-state index contributed by atoms with van der Waals surface area (Å²) in [4.78, 5) is 32.0. The molecule has 7 heteroatoms. The van der Waals surface area contributed by atoms with Crippen molar-refractivity contribution in [2.24, 2.45) is 0 Å². The van der Waals surface area contributed by atoms with Crippen molar-refractivity contribution < 1.29 is 9.53 Å². The first kappa shape index (κ1) is 17.5. The maximum absolute atomic E-state index is 12.6. The molecule has 1 aromatic carbocycles. The van der Waals surface area contributed by atoms with Crippen LogP contribution in [0.3, 0.4) is 0 Å². The number of carbonyl (C=O) groups excluding carboxylic acids is 1. The lowest BCUT2D eigenvalue weighted by Crippen LogP contribution is -2.25. The van der Waals surface area contributed by atoms with Gasteiger partial charge in [-0.1, -0.05) is 24.8 Å². The van der Waals surface area contributed by atoms with Crippen LogP contribution in [0.25, 0.3) is 0 Å². The average Bonchev–Trinajstić information content (AvgIpc) is 3.09. The molecule has 2 aromatic rings. The van der Waals surface area contributed by atoms with E-state index in [2.05, 4.69) is 15.3 Å². The summed E-state index contributed by atoms with van der Waals surface area (Å²) in [6.07, 6.45) is 3.21. The van der Waals surface area contributed by atoms with Crippen LogP contribution in [-0.2, 0) is 17.6 Å². The molecule has 0 unspecified atom stereocenters. The van der Waals surface area contributed by atoms with Crippen molar-refractivity contribution in [1.82, 2.24) is 9.97 Å². The molecule has 0 bridgehead atoms. The van der Waals surface area contributed by atoms with Crippen LogP contribution in [-0.4, -0.2) is 28.2 Å². The van der Waals surface area contributed by atoms with E-state index in [0.717, 1.165) is 30.5 Å². The Hall–Kier alpha value is -2.28. The number of H-pyrrole nitrogens is 1. The van der Waals surface area contributed by atoms with Crippen molar-refractivity contribution in [1.29, 1.82) is 0 Å². The quantitative estimate of drug-likeness (QED) is 0.612. The second kappa shape index (κ2) is 7.74. The van der Waals surface area contributed by atoms with Gasteiger partial charge in [0.05, 0.1) is 18.1 Å². The van der Waals surface area contributed by atoms with Crippen molar-refractivity contribution in [2.45, 2.75) is 43.0 Å². The highest BCUT2D eigenvalue weighted by Gasteiger charge is 2.22. The van der Waals surface area contributed by atoms with Gasteiger partial charge < -0.3 is 15.0 Å². The summed E-state index contributed by atoms with van der Waals surface area (Å²) in [5.41, 5.74) is 2.26. The van der Waals surface area contributed by atoms with Crippen molar-refractivity contribution in [3.8, 4) is 5.75 Å². The van der Waals surface area contributed by atoms with Gasteiger partial charge in [0.25, 0.3) is 5.56 Å². The molecule has 6 nitrogen and oxygen atoms in total. The molecule has 3 rings (SSSR count). The molecular weight excluding hydrogens is 338 g/mol. The van der Waals surface area contributed by atoms with E-state index in [1.807, 2.05) is 25.1 Å². The number of aryl methyl sites for hydroxylation is 1. The van der Waals surface area contributed by atoms with E-state index in [0.29, 0.717) is 23.0 Å². The lowest BCUT2D eigenvalue weighted by molar-refractivity contribution is -0.115. The fourth-order valence-corrected chi connectivity index (χ4v) is 3.77. The van der Waals surface area contributed by atoms with Crippen molar-refractivity contribution in [3.63, 3.8) is 0 Å². The highest BCUT2D eigenvalue weighted by Crippen LogP contribution is 2.26. The lowest BCUT2D eigenvalue weighted by Gasteiger charge is -2.15. The maximum atomic E-state index is 12.6. The highest BCUT2D eigenvalue weighted by molar-refractivity contribution is 8.00. The molecule has 0 saturated carbocycles. The number of carbonyl (C=O) groups is 1. The number of aromatic nitrogens is 2. The minimum atomic E-state index is -0.339. The Morgan fingerprint density at radius 3 is 3.04 bits per heavy atom. The van der Waals surface area contributed by atoms with Crippen molar-refractivity contribution in [2.75, 3.05) is 12.4 Å². The number of hydrogen-bond acceptors (Lipinski definition) is 5. The van der Waals surface area contributed by atoms with Gasteiger partial charge in [-0.05, 0) is 37.8 Å². The van der Waals surface area contributed by atoms with E-state index in [4.69, 9.17) is 4.74 Å². The number of amides is 1. The number of fused-ring (bicyclic) bond motifs is 1. The normalized spacial score (nSPS) is 14.0. The van der Waals surface area contributed by atoms with E-state index in [1.54, 1.807) is 13.2 Å². The smallest absolute Gasteiger partial charge is 0.254 e. The Kier molecular flexibility index (Phi) is 5.43. The third-order valence-electron chi connectivity index (χ3n) is 4.17. The second-order valence-electron chi connectivity index (χ2n) is 5.89. The van der Waals surface area contributed by atoms with Gasteiger partial charge in [-0.15, -0.1) is 0 Å². The number of benzene rings is 1. The van der Waals surface area contributed by atoms with Crippen LogP contribution in [0, 0.1) is 0 Å². The van der Waals surface area contributed by atoms with Gasteiger partial charge in [-0.2, -0.15) is 0 Å². The largest absolute Gasteiger partial charge is 0.497 e. The number of hydrogen-bond donors (Lipinski definition) is 2. The van der Waals surface area contributed by atoms with E-state index in [-0.39, 0.29) is 16.7 Å². The molecule has 1 atom stereocenters. The van der Waals surface area contributed by atoms with Gasteiger partial charge in [-0.25, -0.2) is 4.98 Å². The van der Waals surface area contributed by atoms with Crippen LogP contribution < -0.4 is 15.6 Å². The molecule has 25 heavy (non-hydrogen) atoms. The SMILES string of the molecule is CC[C@H](Sc1nc2c(c(=O)[nH]1)CCC2)C(=O)Nc1cccc(OC)c1. The van der Waals surface area contributed by atoms with Gasteiger partial charge in [0.1, 0.15) is 5.75 Å². The van der Waals surface area contributed by atoms with Crippen LogP contribution in [0.4, 0.5) is 5.69 Å². The molecule has 1 aromatic heterocycles. The number of ether oxygens (including phenoxy) is 1. The standard InChI is InChI=1S/C18H21N3O3S/c1-3-15(17(23)19-11-6-4-7-12(10-11)24-2)25-18-20-14-9-5-8-13(14)16(22)21-18/h4,6-7,10,15H,3,5,8-9H2,1-2H3,(H,19,23)(H,20,21,22)/t15-/m0/s1. The van der Waals surface area contributed by atoms with Gasteiger partial charge in [-0.3, -0.25) is 9.59 Å². The van der Waals surface area contributed by atoms with Crippen LogP contribution in [0.2, 0.25) is 0 Å². The molecule has 0 aliphatic heterocycles. The zero-order valence-electron chi connectivity index (χ0n) is 14.3. The fourth-order valence-electron chi connectivity index (χ4n) is 2.86. The van der Waals surface area contributed by atoms with Crippen molar-refractivity contribution >= 4 is 23.4 Å². The number of nitrogens with zero attached hydrogens (tertiary/aromatic N) is 1. The van der Waals surface area contributed by atoms with Crippen LogP contribution >= 0.6 is 11.8 Å². The third-order valence-corrected chi connectivity index (χ3v) is 5.42. The third kappa shape index (κ3) is 4.04. The Bertz CT molecular complexity index is 835. The van der Waals surface area contributed by atoms with Gasteiger partial charge >= 0.3 is 0 Å². The van der Waals surface area contributed by atoms with Crippen LogP contribution in [0.5, 0.6) is 5.75 Å². The maximum Gasteiger partial charge on any atom is 0.254 e. The first-order chi connectivity index (χ1) is 12.1. The lowest BCUT2D eigenvalue weighted by atomic mass is 10.2. The Morgan fingerprint density at radius 2 is 2.28 bits per heavy atom. The molecule has 1 aliphatic rings. The first-order valence-corrected chi connectivity index (χ1v) is 9.22. The fraction of sp³-hybridized carbons (Fsp3) is 0.389. The molecule has 1 amide bonds. The first-order valence-electron chi connectivity index (χ1n) is 8.34. The highest BCUT2D eigenvalue weighted by atomic mass is 32.2. The zero-order chi connectivity index (χ0) is 17.8. The summed E-state index contributed by atoms with van der Waals surface area (Å²) in [5, 5.41) is 3.07. The topological polar surface area (TPSA) is 84.1 Å². The molecule has 1 aliphatic carbocycles. The van der Waals surface area contributed by atoms with Crippen LogP contribution in [0.15, 0.2) is 34.2 Å². The predicted octanol–water partition coefficient (Wildman–Crippen LogP) is 2.78. The predicted molar refractivity (Wildman–Crippen MR) is 98.4 cm³/mol. The molecule has 1 heterocycles. The second-order valence-corrected chi connectivity index (χ2v) is 7.08. The van der Waals surface area contributed by atoms with E-state index < -0.39 is 0 Å². The summed E-state index contributed by atoms with van der Waals surface area (Å²) >= 11 is 1.30. The van der Waals surface area contributed by atoms with Gasteiger partial charge in [0.15, 0.2) is 5.16 Å². The number of nitrogens with one attached hydrogen (secondary N) is 2. The number of rotatable bonds is 6. The zero-order valence-corrected chi connectivity index (χ0v) is 15.1. The molecule has 132 valence electrons. The Balaban J connectivity index is 1.72. The van der Waals surface area contributed by atoms with E-state index in [1.165, 1.54) is 11.8 Å². The summed E-state index contributed by atoms with van der Waals surface area (Å²) in [7, 11) is 1.58. The van der Waals surface area contributed by atoms with Gasteiger partial charge in [0, 0.05) is 17.3 Å². The summed E-state index contributed by atoms with van der Waals surface area (Å²) in [6, 6.07) is 7.22. The average molecular weight is 359 g/mol. The van der Waals surface area contributed by atoms with E-state index >= 15 is 0 Å². The molecule has 0 saturated heterocycles. The van der Waals surface area contributed by atoms with Gasteiger partial charge in [0.2, 0.25) is 5.91 Å². The summed E-state index contributed by atoms with van der Waals surface area (Å²) < 4.78 is 5.17. The van der Waals surface area contributed by atoms with E-state index in [9.17, 15) is 9.59 Å². The molecule has 0 fully saturated rings. The molecule has 0 spiro atoms. The minimum absolute atomic E-state index is 0.0759. The summed E-state index contributed by atoms with van der Waals surface area (Å²) in [5.74, 6) is 0.562. The van der Waals surface area contributed by atoms with Crippen molar-refractivity contribution in [3.05, 3.63) is 45.9 Å². The Morgan fingerprint density at radius 1 is 1.44 bits per heavy atom. The molecule has 0 radical (unpaired) electrons. The summed E-state index contributed by atoms with van der Waals surface area (Å²) in [6.45, 7) is 1.94. The number of anilines is 1. The molecule has 2 N–H and O–H groups in total. The number of thioether (sulfide) groups is 1. The Labute approximate surface area is 150 Å². The number of methoxy groups -OCH3 is 1. The monoisotopic (exact) mass is 359 g/mol. The number of aromatic amines is 1. The van der Waals surface area contributed by atoms with Crippen LogP contribution in [0.1, 0.15) is 31.0 Å². The molecular formula is C18H21N3O3S.